The fraction of sp³-hybridized carbons (Fsp3) is 0.931. The molecule has 4 nitrogen and oxygen atoms in total. The van der Waals surface area contributed by atoms with Gasteiger partial charge >= 0.3 is 0 Å². The Kier molecular flexibility index (Phi) is 67.1. The van der Waals surface area contributed by atoms with Gasteiger partial charge in [-0.1, -0.05) is 398 Å². The van der Waals surface area contributed by atoms with E-state index in [9.17, 15) is 15.0 Å². The summed E-state index contributed by atoms with van der Waals surface area (Å²) in [4.78, 5) is 12.5. The van der Waals surface area contributed by atoms with E-state index in [1.165, 1.54) is 360 Å². The molecular formula is C72H141NO3. The number of nitrogens with one attached hydrogen (secondary N) is 1. The van der Waals surface area contributed by atoms with Gasteiger partial charge in [0.25, 0.3) is 0 Å². The zero-order valence-electron chi connectivity index (χ0n) is 52.3. The zero-order valence-corrected chi connectivity index (χ0v) is 52.3. The highest BCUT2D eigenvalue weighted by atomic mass is 16.3. The van der Waals surface area contributed by atoms with E-state index in [-0.39, 0.29) is 12.5 Å². The lowest BCUT2D eigenvalue weighted by Crippen LogP contribution is -2.45. The summed E-state index contributed by atoms with van der Waals surface area (Å²) in [5, 5.41) is 23.2. The molecule has 1 amide bonds. The molecule has 0 aliphatic carbocycles. The molecule has 452 valence electrons. The van der Waals surface area contributed by atoms with Crippen molar-refractivity contribution >= 4 is 5.91 Å². The molecule has 4 heteroatoms. The van der Waals surface area contributed by atoms with Gasteiger partial charge in [-0.3, -0.25) is 4.79 Å². The molecule has 2 unspecified atom stereocenters. The van der Waals surface area contributed by atoms with Crippen molar-refractivity contribution in [3.05, 3.63) is 24.3 Å². The van der Waals surface area contributed by atoms with Crippen molar-refractivity contribution in [1.82, 2.24) is 5.32 Å². The summed E-state index contributed by atoms with van der Waals surface area (Å²) in [7, 11) is 0. The second-order valence-corrected chi connectivity index (χ2v) is 24.7. The zero-order chi connectivity index (χ0) is 54.8. The van der Waals surface area contributed by atoms with Crippen molar-refractivity contribution in [3.8, 4) is 0 Å². The highest BCUT2D eigenvalue weighted by Crippen LogP contribution is 2.20. The Morgan fingerprint density at radius 3 is 0.763 bits per heavy atom. The lowest BCUT2D eigenvalue weighted by Gasteiger charge is -2.19. The van der Waals surface area contributed by atoms with Gasteiger partial charge in [-0.25, -0.2) is 0 Å². The van der Waals surface area contributed by atoms with Gasteiger partial charge in [0.1, 0.15) is 0 Å². The second kappa shape index (κ2) is 68.1. The summed E-state index contributed by atoms with van der Waals surface area (Å²) in [6, 6.07) is -0.637. The minimum absolute atomic E-state index is 0.0643. The highest BCUT2D eigenvalue weighted by molar-refractivity contribution is 5.76. The summed E-state index contributed by atoms with van der Waals surface area (Å²) < 4.78 is 0. The van der Waals surface area contributed by atoms with Crippen LogP contribution in [-0.4, -0.2) is 34.9 Å². The molecule has 0 saturated heterocycles. The van der Waals surface area contributed by atoms with Crippen molar-refractivity contribution in [1.29, 1.82) is 0 Å². The van der Waals surface area contributed by atoms with Crippen LogP contribution in [0.15, 0.2) is 24.3 Å². The minimum Gasteiger partial charge on any atom is -0.394 e. The third-order valence-corrected chi connectivity index (χ3v) is 16.9. The maximum atomic E-state index is 12.5. The van der Waals surface area contributed by atoms with E-state index in [1.807, 2.05) is 6.08 Å². The molecule has 0 aromatic heterocycles. The minimum atomic E-state index is -0.861. The van der Waals surface area contributed by atoms with Crippen LogP contribution in [0.1, 0.15) is 412 Å². The summed E-state index contributed by atoms with van der Waals surface area (Å²) >= 11 is 0. The maximum Gasteiger partial charge on any atom is 0.220 e. The third kappa shape index (κ3) is 63.7. The molecule has 0 heterocycles. The van der Waals surface area contributed by atoms with Crippen LogP contribution in [0.25, 0.3) is 0 Å². The quantitative estimate of drug-likeness (QED) is 0.0420. The van der Waals surface area contributed by atoms with E-state index in [0.717, 1.165) is 32.1 Å². The molecule has 0 aliphatic rings. The van der Waals surface area contributed by atoms with E-state index in [4.69, 9.17) is 0 Å². The molecule has 0 aromatic carbocycles. The van der Waals surface area contributed by atoms with Gasteiger partial charge in [0.2, 0.25) is 5.91 Å². The van der Waals surface area contributed by atoms with Gasteiger partial charge in [-0.2, -0.15) is 0 Å². The lowest BCUT2D eigenvalue weighted by molar-refractivity contribution is -0.123. The van der Waals surface area contributed by atoms with Crippen LogP contribution in [0.2, 0.25) is 0 Å². The molecule has 0 radical (unpaired) electrons. The lowest BCUT2D eigenvalue weighted by atomic mass is 10.0. The fourth-order valence-corrected chi connectivity index (χ4v) is 11.6. The summed E-state index contributed by atoms with van der Waals surface area (Å²) in [5.74, 6) is -0.0643. The number of hydrogen-bond donors (Lipinski definition) is 3. The molecule has 0 bridgehead atoms. The number of rotatable bonds is 67. The molecule has 76 heavy (non-hydrogen) atoms. The molecule has 3 N–H and O–H groups in total. The van der Waals surface area contributed by atoms with Crippen molar-refractivity contribution in [2.24, 2.45) is 0 Å². The van der Waals surface area contributed by atoms with E-state index >= 15 is 0 Å². The van der Waals surface area contributed by atoms with Crippen molar-refractivity contribution in [2.45, 2.75) is 424 Å². The van der Waals surface area contributed by atoms with Gasteiger partial charge in [0, 0.05) is 6.42 Å². The summed E-state index contributed by atoms with van der Waals surface area (Å²) in [6.07, 6.45) is 92.9. The van der Waals surface area contributed by atoms with Crippen LogP contribution < -0.4 is 5.32 Å². The molecule has 0 aliphatic heterocycles. The predicted molar refractivity (Wildman–Crippen MR) is 341 cm³/mol. The largest absolute Gasteiger partial charge is 0.394 e. The van der Waals surface area contributed by atoms with Crippen LogP contribution in [0, 0.1) is 0 Å². The van der Waals surface area contributed by atoms with Crippen molar-refractivity contribution in [3.63, 3.8) is 0 Å². The highest BCUT2D eigenvalue weighted by Gasteiger charge is 2.18. The second-order valence-electron chi connectivity index (χ2n) is 24.7. The number of hydrogen-bond acceptors (Lipinski definition) is 3. The SMILES string of the molecule is CCCCCCCCCCCCCCCCCCC/C=C/CC/C=C/C(O)C(CO)NC(=O)CCCCCCCCCCCCCCCCCCCCCCCCCCCCCCCCCCCCCCCCCCC. The van der Waals surface area contributed by atoms with Crippen LogP contribution in [0.5, 0.6) is 0 Å². The first-order valence-corrected chi connectivity index (χ1v) is 35.6. The van der Waals surface area contributed by atoms with E-state index in [0.29, 0.717) is 6.42 Å². The number of carbonyl (C=O) groups is 1. The molecule has 2 atom stereocenters. The van der Waals surface area contributed by atoms with Crippen LogP contribution >= 0.6 is 0 Å². The standard InChI is InChI=1S/C72H141NO3/c1-3-5-7-9-11-13-15-17-19-21-23-25-27-28-29-30-31-32-33-34-35-36-37-38-39-40-41-42-43-44-46-48-50-52-54-56-58-60-62-64-66-68-72(76)73-70(69-74)71(75)67-65-63-61-59-57-55-53-51-49-47-45-26-24-22-20-18-16-14-12-10-8-6-4-2/h57,59,65,67,70-71,74-75H,3-56,58,60-64,66,68-69H2,1-2H3,(H,73,76)/b59-57+,67-65+. The Bertz CT molecular complexity index is 1120. The Morgan fingerprint density at radius 2 is 0.513 bits per heavy atom. The molecule has 0 spiro atoms. The van der Waals surface area contributed by atoms with E-state index < -0.39 is 12.1 Å². The van der Waals surface area contributed by atoms with Gasteiger partial charge in [0.05, 0.1) is 18.8 Å². The number of allylic oxidation sites excluding steroid dienone is 3. The molecule has 0 aromatic rings. The fourth-order valence-electron chi connectivity index (χ4n) is 11.6. The first-order valence-electron chi connectivity index (χ1n) is 35.6. The van der Waals surface area contributed by atoms with Gasteiger partial charge in [-0.05, 0) is 32.1 Å². The van der Waals surface area contributed by atoms with E-state index in [2.05, 4.69) is 31.3 Å². The molecule has 0 fully saturated rings. The smallest absolute Gasteiger partial charge is 0.220 e. The van der Waals surface area contributed by atoms with E-state index in [1.54, 1.807) is 6.08 Å². The molecular weight excluding hydrogens is 927 g/mol. The van der Waals surface area contributed by atoms with Gasteiger partial charge in [0.15, 0.2) is 0 Å². The topological polar surface area (TPSA) is 69.6 Å². The molecule has 0 rings (SSSR count). The number of unbranched alkanes of at least 4 members (excludes halogenated alkanes) is 58. The Morgan fingerprint density at radius 1 is 0.303 bits per heavy atom. The molecule has 0 saturated carbocycles. The first-order chi connectivity index (χ1) is 37.7. The third-order valence-electron chi connectivity index (χ3n) is 16.9. The maximum absolute atomic E-state index is 12.5. The van der Waals surface area contributed by atoms with Crippen LogP contribution in [0.4, 0.5) is 0 Å². The van der Waals surface area contributed by atoms with Crippen LogP contribution in [-0.2, 0) is 4.79 Å². The summed E-state index contributed by atoms with van der Waals surface area (Å²) in [5.41, 5.74) is 0. The number of aliphatic hydroxyl groups excluding tert-OH is 2. The van der Waals surface area contributed by atoms with Crippen molar-refractivity contribution < 1.29 is 15.0 Å². The Hall–Kier alpha value is -1.13. The van der Waals surface area contributed by atoms with Crippen molar-refractivity contribution in [2.75, 3.05) is 6.61 Å². The first kappa shape index (κ1) is 74.9. The monoisotopic (exact) mass is 1070 g/mol. The van der Waals surface area contributed by atoms with Gasteiger partial charge in [-0.15, -0.1) is 0 Å². The summed E-state index contributed by atoms with van der Waals surface area (Å²) in [6.45, 7) is 4.35. The van der Waals surface area contributed by atoms with Crippen LogP contribution in [0.3, 0.4) is 0 Å². The normalized spacial score (nSPS) is 12.7. The predicted octanol–water partition coefficient (Wildman–Crippen LogP) is 24.2. The Labute approximate surface area is 479 Å². The number of carbonyl (C=O) groups excluding carboxylic acids is 1. The number of amides is 1. The average molecular weight is 1070 g/mol. The van der Waals surface area contributed by atoms with Gasteiger partial charge < -0.3 is 15.5 Å². The Balaban J connectivity index is 3.38. The number of aliphatic hydroxyl groups is 2. The average Bonchev–Trinajstić information content (AvgIpc) is 3.42.